The van der Waals surface area contributed by atoms with Gasteiger partial charge in [-0.25, -0.2) is 4.79 Å². The first kappa shape index (κ1) is 14.3. The van der Waals surface area contributed by atoms with E-state index in [0.29, 0.717) is 19.4 Å². The third-order valence-corrected chi connectivity index (χ3v) is 3.71. The molecule has 1 aromatic heterocycles. The van der Waals surface area contributed by atoms with Crippen molar-refractivity contribution in [2.45, 2.75) is 18.9 Å². The first-order valence-electron chi connectivity index (χ1n) is 7.30. The number of hydrogen-bond donors (Lipinski definition) is 1. The molecule has 112 valence electrons. The predicted octanol–water partition coefficient (Wildman–Crippen LogP) is 1.79. The molecule has 1 aliphatic heterocycles. The van der Waals surface area contributed by atoms with Crippen LogP contribution in [0.15, 0.2) is 54.7 Å². The van der Waals surface area contributed by atoms with Gasteiger partial charge in [-0.3, -0.25) is 14.7 Å². The Morgan fingerprint density at radius 1 is 1.05 bits per heavy atom. The number of benzene rings is 1. The minimum Gasteiger partial charge on any atom is -0.325 e. The molecular formula is C17H17N3O2. The molecule has 1 atom stereocenters. The third kappa shape index (κ3) is 3.14. The minimum absolute atomic E-state index is 0.162. The number of imide groups is 1. The van der Waals surface area contributed by atoms with E-state index in [1.165, 1.54) is 4.90 Å². The number of hydrogen-bond acceptors (Lipinski definition) is 3. The molecule has 0 saturated carbocycles. The molecule has 2 aromatic rings. The summed E-state index contributed by atoms with van der Waals surface area (Å²) < 4.78 is 0. The molecule has 1 fully saturated rings. The highest BCUT2D eigenvalue weighted by Gasteiger charge is 2.37. The van der Waals surface area contributed by atoms with Gasteiger partial charge in [-0.2, -0.15) is 0 Å². The van der Waals surface area contributed by atoms with Gasteiger partial charge < -0.3 is 5.32 Å². The van der Waals surface area contributed by atoms with Crippen LogP contribution in [0.25, 0.3) is 0 Å². The Kier molecular flexibility index (Phi) is 4.14. The van der Waals surface area contributed by atoms with Crippen LogP contribution in [0.2, 0.25) is 0 Å². The Morgan fingerprint density at radius 2 is 1.82 bits per heavy atom. The van der Waals surface area contributed by atoms with E-state index in [4.69, 9.17) is 0 Å². The number of carbonyl (C=O) groups is 2. The summed E-state index contributed by atoms with van der Waals surface area (Å²) in [5.41, 5.74) is 1.90. The van der Waals surface area contributed by atoms with Gasteiger partial charge in [0.2, 0.25) is 0 Å². The zero-order valence-electron chi connectivity index (χ0n) is 12.1. The number of nitrogens with one attached hydrogen (secondary N) is 1. The topological polar surface area (TPSA) is 62.3 Å². The molecule has 22 heavy (non-hydrogen) atoms. The maximum Gasteiger partial charge on any atom is 0.324 e. The summed E-state index contributed by atoms with van der Waals surface area (Å²) in [6.07, 6.45) is 2.79. The molecule has 3 rings (SSSR count). The molecule has 1 aliphatic rings. The summed E-state index contributed by atoms with van der Waals surface area (Å²) in [6.45, 7) is 0.354. The fraction of sp³-hybridized carbons (Fsp3) is 0.235. The lowest BCUT2D eigenvalue weighted by Crippen LogP contribution is -2.34. The van der Waals surface area contributed by atoms with Crippen LogP contribution in [-0.2, 0) is 17.6 Å². The number of aromatic nitrogens is 1. The van der Waals surface area contributed by atoms with Gasteiger partial charge in [-0.15, -0.1) is 0 Å². The van der Waals surface area contributed by atoms with Gasteiger partial charge in [0.25, 0.3) is 5.91 Å². The second-order valence-corrected chi connectivity index (χ2v) is 5.25. The van der Waals surface area contributed by atoms with Gasteiger partial charge in [-0.05, 0) is 17.7 Å². The van der Waals surface area contributed by atoms with Crippen LogP contribution in [0.4, 0.5) is 4.79 Å². The van der Waals surface area contributed by atoms with Crippen LogP contribution >= 0.6 is 0 Å². The van der Waals surface area contributed by atoms with Crippen LogP contribution in [0.3, 0.4) is 0 Å². The molecule has 0 aliphatic carbocycles. The second kappa shape index (κ2) is 6.39. The number of rotatable bonds is 5. The highest BCUT2D eigenvalue weighted by Crippen LogP contribution is 2.12. The van der Waals surface area contributed by atoms with Crippen molar-refractivity contribution in [1.29, 1.82) is 0 Å². The van der Waals surface area contributed by atoms with Crippen LogP contribution in [0.1, 0.15) is 11.3 Å². The van der Waals surface area contributed by atoms with Crippen molar-refractivity contribution in [2.24, 2.45) is 0 Å². The molecule has 1 saturated heterocycles. The normalized spacial score (nSPS) is 17.6. The van der Waals surface area contributed by atoms with E-state index < -0.39 is 6.04 Å². The first-order valence-corrected chi connectivity index (χ1v) is 7.30. The average molecular weight is 295 g/mol. The number of amides is 3. The Balaban J connectivity index is 1.62. The lowest BCUT2D eigenvalue weighted by Gasteiger charge is -2.12. The summed E-state index contributed by atoms with van der Waals surface area (Å²) >= 11 is 0. The molecule has 0 spiro atoms. The van der Waals surface area contributed by atoms with Gasteiger partial charge in [0.15, 0.2) is 0 Å². The standard InChI is InChI=1S/C17H17N3O2/c21-16-15(12-13-6-2-1-3-7-13)19-17(22)20(16)11-9-14-8-4-5-10-18-14/h1-8,10,15H,9,11-12H2,(H,19,22)/t15-/m0/s1. The maximum absolute atomic E-state index is 12.4. The van der Waals surface area contributed by atoms with Crippen LogP contribution in [0.5, 0.6) is 0 Å². The Bertz CT molecular complexity index is 658. The number of pyridine rings is 1. The van der Waals surface area contributed by atoms with Crippen LogP contribution in [0, 0.1) is 0 Å². The maximum atomic E-state index is 12.4. The molecule has 1 N–H and O–H groups in total. The van der Waals surface area contributed by atoms with Gasteiger partial charge in [0, 0.05) is 31.3 Å². The minimum atomic E-state index is -0.473. The monoisotopic (exact) mass is 295 g/mol. The van der Waals surface area contributed by atoms with E-state index in [9.17, 15) is 9.59 Å². The molecule has 5 nitrogen and oxygen atoms in total. The lowest BCUT2D eigenvalue weighted by atomic mass is 10.1. The first-order chi connectivity index (χ1) is 10.7. The third-order valence-electron chi connectivity index (χ3n) is 3.71. The fourth-order valence-electron chi connectivity index (χ4n) is 2.55. The zero-order valence-corrected chi connectivity index (χ0v) is 12.1. The zero-order chi connectivity index (χ0) is 15.4. The van der Waals surface area contributed by atoms with Crippen molar-refractivity contribution >= 4 is 11.9 Å². The van der Waals surface area contributed by atoms with Gasteiger partial charge in [0.05, 0.1) is 0 Å². The summed E-state index contributed by atoms with van der Waals surface area (Å²) in [5, 5.41) is 2.76. The van der Waals surface area contributed by atoms with Crippen molar-refractivity contribution in [1.82, 2.24) is 15.2 Å². The highest BCUT2D eigenvalue weighted by atomic mass is 16.2. The van der Waals surface area contributed by atoms with E-state index in [0.717, 1.165) is 11.3 Å². The van der Waals surface area contributed by atoms with E-state index in [2.05, 4.69) is 10.3 Å². The Labute approximate surface area is 129 Å². The average Bonchev–Trinajstić information content (AvgIpc) is 2.81. The number of urea groups is 1. The Hall–Kier alpha value is -2.69. The van der Waals surface area contributed by atoms with E-state index in [1.807, 2.05) is 48.5 Å². The van der Waals surface area contributed by atoms with Crippen molar-refractivity contribution in [3.8, 4) is 0 Å². The quantitative estimate of drug-likeness (QED) is 0.855. The second-order valence-electron chi connectivity index (χ2n) is 5.25. The van der Waals surface area contributed by atoms with Crippen LogP contribution < -0.4 is 5.32 Å². The lowest BCUT2D eigenvalue weighted by molar-refractivity contribution is -0.127. The van der Waals surface area contributed by atoms with Crippen LogP contribution in [-0.4, -0.2) is 34.4 Å². The summed E-state index contributed by atoms with van der Waals surface area (Å²) in [5.74, 6) is -0.162. The largest absolute Gasteiger partial charge is 0.325 e. The molecular weight excluding hydrogens is 278 g/mol. The SMILES string of the molecule is O=C1N[C@@H](Cc2ccccc2)C(=O)N1CCc1ccccn1. The van der Waals surface area contributed by atoms with Crippen molar-refractivity contribution < 1.29 is 9.59 Å². The van der Waals surface area contributed by atoms with E-state index in [-0.39, 0.29) is 11.9 Å². The van der Waals surface area contributed by atoms with Gasteiger partial charge in [-0.1, -0.05) is 36.4 Å². The van der Waals surface area contributed by atoms with Gasteiger partial charge in [0.1, 0.15) is 6.04 Å². The molecule has 3 amide bonds. The number of carbonyl (C=O) groups excluding carboxylic acids is 2. The van der Waals surface area contributed by atoms with E-state index >= 15 is 0 Å². The molecule has 0 bridgehead atoms. The number of nitrogens with zero attached hydrogens (tertiary/aromatic N) is 2. The van der Waals surface area contributed by atoms with E-state index in [1.54, 1.807) is 6.20 Å². The summed E-state index contributed by atoms with van der Waals surface area (Å²) in [7, 11) is 0. The smallest absolute Gasteiger partial charge is 0.324 e. The van der Waals surface area contributed by atoms with Gasteiger partial charge >= 0.3 is 6.03 Å². The van der Waals surface area contributed by atoms with Crippen molar-refractivity contribution in [3.63, 3.8) is 0 Å². The molecule has 1 aromatic carbocycles. The molecule has 0 radical (unpaired) electrons. The fourth-order valence-corrected chi connectivity index (χ4v) is 2.55. The summed E-state index contributed by atoms with van der Waals surface area (Å²) in [4.78, 5) is 29.8. The molecule has 0 unspecified atom stereocenters. The van der Waals surface area contributed by atoms with Crippen molar-refractivity contribution in [3.05, 3.63) is 66.0 Å². The highest BCUT2D eigenvalue weighted by molar-refractivity contribution is 6.04. The Morgan fingerprint density at radius 3 is 2.55 bits per heavy atom. The molecule has 2 heterocycles. The summed E-state index contributed by atoms with van der Waals surface area (Å²) in [6, 6.07) is 14.5. The van der Waals surface area contributed by atoms with Crippen molar-refractivity contribution in [2.75, 3.05) is 6.54 Å². The predicted molar refractivity (Wildman–Crippen MR) is 82.1 cm³/mol. The molecule has 5 heteroatoms.